The number of carbonyl (C=O) groups excluding carboxylic acids is 2. The van der Waals surface area contributed by atoms with E-state index >= 15 is 0 Å². The van der Waals surface area contributed by atoms with Gasteiger partial charge in [-0.1, -0.05) is 13.8 Å². The predicted molar refractivity (Wildman–Crippen MR) is 74.2 cm³/mol. The van der Waals surface area contributed by atoms with Crippen LogP contribution in [0.15, 0.2) is 0 Å². The highest BCUT2D eigenvalue weighted by Crippen LogP contribution is 2.12. The van der Waals surface area contributed by atoms with E-state index < -0.39 is 0 Å². The van der Waals surface area contributed by atoms with Gasteiger partial charge in [-0.25, -0.2) is 0 Å². The van der Waals surface area contributed by atoms with Crippen LogP contribution < -0.4 is 5.32 Å². The van der Waals surface area contributed by atoms with E-state index in [-0.39, 0.29) is 23.3 Å². The molecule has 106 valence electrons. The van der Waals surface area contributed by atoms with E-state index in [0.717, 1.165) is 12.8 Å². The molecule has 1 N–H and O–H groups in total. The van der Waals surface area contributed by atoms with Crippen LogP contribution in [0.3, 0.4) is 0 Å². The highest BCUT2D eigenvalue weighted by atomic mass is 16.2. The monoisotopic (exact) mass is 256 g/mol. The summed E-state index contributed by atoms with van der Waals surface area (Å²) in [6, 6.07) is 0. The number of hydrogen-bond acceptors (Lipinski definition) is 2. The molecule has 0 aliphatic rings. The van der Waals surface area contributed by atoms with E-state index in [1.54, 1.807) is 11.8 Å². The van der Waals surface area contributed by atoms with Crippen molar-refractivity contribution in [3.05, 3.63) is 0 Å². The van der Waals surface area contributed by atoms with E-state index in [9.17, 15) is 9.59 Å². The fourth-order valence-corrected chi connectivity index (χ4v) is 2.06. The number of hydrogen-bond donors (Lipinski definition) is 1. The van der Waals surface area contributed by atoms with Crippen molar-refractivity contribution in [2.45, 2.75) is 59.9 Å². The highest BCUT2D eigenvalue weighted by molar-refractivity contribution is 5.78. The number of nitrogens with zero attached hydrogens (tertiary/aromatic N) is 1. The molecule has 2 amide bonds. The predicted octanol–water partition coefficient (Wildman–Crippen LogP) is 2.19. The standard InChI is InChI=1S/C14H28N2O2/c1-7-12(8-2)13(18)15-9-10-16(11(3)17)14(4,5)6/h12H,7-10H2,1-6H3,(H,15,18). The van der Waals surface area contributed by atoms with Gasteiger partial charge in [0, 0.05) is 31.5 Å². The molecule has 0 spiro atoms. The van der Waals surface area contributed by atoms with Crippen LogP contribution in [0.1, 0.15) is 54.4 Å². The largest absolute Gasteiger partial charge is 0.354 e. The first-order chi connectivity index (χ1) is 8.23. The summed E-state index contributed by atoms with van der Waals surface area (Å²) in [7, 11) is 0. The average molecular weight is 256 g/mol. The molecule has 4 nitrogen and oxygen atoms in total. The molecule has 0 atom stereocenters. The molecule has 0 aliphatic heterocycles. The van der Waals surface area contributed by atoms with Gasteiger partial charge in [-0.15, -0.1) is 0 Å². The van der Waals surface area contributed by atoms with Gasteiger partial charge in [0.05, 0.1) is 0 Å². The summed E-state index contributed by atoms with van der Waals surface area (Å²) in [5, 5.41) is 2.91. The van der Waals surface area contributed by atoms with E-state index in [0.29, 0.717) is 13.1 Å². The lowest BCUT2D eigenvalue weighted by atomic mass is 10.0. The van der Waals surface area contributed by atoms with Gasteiger partial charge in [0.1, 0.15) is 0 Å². The molecule has 0 saturated carbocycles. The SMILES string of the molecule is CCC(CC)C(=O)NCCN(C(C)=O)C(C)(C)C. The van der Waals surface area contributed by atoms with Gasteiger partial charge in [-0.3, -0.25) is 9.59 Å². The third-order valence-corrected chi connectivity index (χ3v) is 3.18. The molecule has 0 bridgehead atoms. The van der Waals surface area contributed by atoms with Crippen LogP contribution in [0, 0.1) is 5.92 Å². The molecule has 0 saturated heterocycles. The second-order valence-corrected chi connectivity index (χ2v) is 5.65. The zero-order chi connectivity index (χ0) is 14.3. The minimum atomic E-state index is -0.203. The number of amides is 2. The summed E-state index contributed by atoms with van der Waals surface area (Å²) in [4.78, 5) is 25.1. The van der Waals surface area contributed by atoms with Crippen molar-refractivity contribution in [2.24, 2.45) is 5.92 Å². The summed E-state index contributed by atoms with van der Waals surface area (Å²) in [6.45, 7) is 12.7. The van der Waals surface area contributed by atoms with Crippen molar-refractivity contribution >= 4 is 11.8 Å². The lowest BCUT2D eigenvalue weighted by Gasteiger charge is -2.35. The second kappa shape index (κ2) is 7.39. The van der Waals surface area contributed by atoms with Gasteiger partial charge in [-0.2, -0.15) is 0 Å². The summed E-state index contributed by atoms with van der Waals surface area (Å²) < 4.78 is 0. The van der Waals surface area contributed by atoms with Crippen LogP contribution in [0.4, 0.5) is 0 Å². The molecule has 0 aromatic rings. The zero-order valence-electron chi connectivity index (χ0n) is 12.7. The molecule has 18 heavy (non-hydrogen) atoms. The Kier molecular flexibility index (Phi) is 6.96. The van der Waals surface area contributed by atoms with E-state index in [1.165, 1.54) is 0 Å². The van der Waals surface area contributed by atoms with Crippen molar-refractivity contribution in [1.82, 2.24) is 10.2 Å². The smallest absolute Gasteiger partial charge is 0.223 e. The average Bonchev–Trinajstić information content (AvgIpc) is 2.23. The number of carbonyl (C=O) groups is 2. The van der Waals surface area contributed by atoms with Gasteiger partial charge in [0.15, 0.2) is 0 Å². The Bertz CT molecular complexity index is 278. The molecule has 0 aromatic heterocycles. The molecule has 0 aromatic carbocycles. The quantitative estimate of drug-likeness (QED) is 0.792. The minimum absolute atomic E-state index is 0.0410. The third kappa shape index (κ3) is 5.52. The Morgan fingerprint density at radius 1 is 1.17 bits per heavy atom. The third-order valence-electron chi connectivity index (χ3n) is 3.18. The van der Waals surface area contributed by atoms with Crippen LogP contribution in [-0.2, 0) is 9.59 Å². The lowest BCUT2D eigenvalue weighted by Crippen LogP contribution is -2.48. The van der Waals surface area contributed by atoms with Crippen molar-refractivity contribution in [2.75, 3.05) is 13.1 Å². The molecule has 0 fully saturated rings. The molecule has 4 heteroatoms. The maximum absolute atomic E-state index is 11.8. The molecule has 0 heterocycles. The Labute approximate surface area is 111 Å². The van der Waals surface area contributed by atoms with Crippen LogP contribution in [0.2, 0.25) is 0 Å². The van der Waals surface area contributed by atoms with Crippen LogP contribution in [0.25, 0.3) is 0 Å². The van der Waals surface area contributed by atoms with Crippen LogP contribution in [0.5, 0.6) is 0 Å². The van der Waals surface area contributed by atoms with Crippen molar-refractivity contribution in [1.29, 1.82) is 0 Å². The van der Waals surface area contributed by atoms with Crippen LogP contribution in [-0.4, -0.2) is 35.3 Å². The van der Waals surface area contributed by atoms with Gasteiger partial charge in [0.2, 0.25) is 11.8 Å². The Hall–Kier alpha value is -1.06. The second-order valence-electron chi connectivity index (χ2n) is 5.65. The topological polar surface area (TPSA) is 49.4 Å². The van der Waals surface area contributed by atoms with Gasteiger partial charge < -0.3 is 10.2 Å². The summed E-state index contributed by atoms with van der Waals surface area (Å²) >= 11 is 0. The molecule has 0 aliphatic carbocycles. The molecular weight excluding hydrogens is 228 g/mol. The Morgan fingerprint density at radius 3 is 2.00 bits per heavy atom. The fraction of sp³-hybridized carbons (Fsp3) is 0.857. The maximum Gasteiger partial charge on any atom is 0.223 e. The van der Waals surface area contributed by atoms with Gasteiger partial charge in [0.25, 0.3) is 0 Å². The van der Waals surface area contributed by atoms with E-state index in [2.05, 4.69) is 5.32 Å². The number of rotatable bonds is 6. The normalized spacial score (nSPS) is 11.5. The van der Waals surface area contributed by atoms with Crippen molar-refractivity contribution in [3.8, 4) is 0 Å². The van der Waals surface area contributed by atoms with E-state index in [1.807, 2.05) is 34.6 Å². The minimum Gasteiger partial charge on any atom is -0.354 e. The molecular formula is C14H28N2O2. The maximum atomic E-state index is 11.8. The van der Waals surface area contributed by atoms with Crippen LogP contribution >= 0.6 is 0 Å². The molecule has 0 unspecified atom stereocenters. The molecule has 0 rings (SSSR count). The fourth-order valence-electron chi connectivity index (χ4n) is 2.06. The summed E-state index contributed by atoms with van der Waals surface area (Å²) in [5.41, 5.74) is -0.203. The molecule has 0 radical (unpaired) electrons. The van der Waals surface area contributed by atoms with Gasteiger partial charge in [-0.05, 0) is 33.6 Å². The van der Waals surface area contributed by atoms with Crippen molar-refractivity contribution in [3.63, 3.8) is 0 Å². The van der Waals surface area contributed by atoms with Gasteiger partial charge >= 0.3 is 0 Å². The Balaban J connectivity index is 4.24. The summed E-state index contributed by atoms with van der Waals surface area (Å²) in [6.07, 6.45) is 1.72. The Morgan fingerprint density at radius 2 is 1.67 bits per heavy atom. The zero-order valence-corrected chi connectivity index (χ0v) is 12.7. The highest BCUT2D eigenvalue weighted by Gasteiger charge is 2.23. The number of nitrogens with one attached hydrogen (secondary N) is 1. The summed E-state index contributed by atoms with van der Waals surface area (Å²) in [5.74, 6) is 0.224. The van der Waals surface area contributed by atoms with E-state index in [4.69, 9.17) is 0 Å². The van der Waals surface area contributed by atoms with Crippen molar-refractivity contribution < 1.29 is 9.59 Å². The lowest BCUT2D eigenvalue weighted by molar-refractivity contribution is -0.134. The first kappa shape index (κ1) is 16.9. The first-order valence-corrected chi connectivity index (χ1v) is 6.79. The first-order valence-electron chi connectivity index (χ1n) is 6.79.